The molecular formula is C22H28O3. The number of ketones is 1. The summed E-state index contributed by atoms with van der Waals surface area (Å²) >= 11 is 0. The molecule has 25 heavy (non-hydrogen) atoms. The number of hydrogen-bond acceptors (Lipinski definition) is 3. The van der Waals surface area contributed by atoms with Crippen molar-refractivity contribution in [3.8, 4) is 11.5 Å². The van der Waals surface area contributed by atoms with Crippen LogP contribution in [0, 0.1) is 10.8 Å². The van der Waals surface area contributed by atoms with E-state index in [0.29, 0.717) is 0 Å². The predicted octanol–water partition coefficient (Wildman–Crippen LogP) is 4.78. The molecule has 0 heterocycles. The van der Waals surface area contributed by atoms with E-state index in [2.05, 4.69) is 39.0 Å². The van der Waals surface area contributed by atoms with Crippen LogP contribution in [0.3, 0.4) is 0 Å². The molecule has 3 aliphatic rings. The topological polar surface area (TPSA) is 35.5 Å². The van der Waals surface area contributed by atoms with Crippen molar-refractivity contribution in [1.82, 2.24) is 0 Å². The van der Waals surface area contributed by atoms with Gasteiger partial charge >= 0.3 is 0 Å². The Morgan fingerprint density at radius 1 is 1.04 bits per heavy atom. The van der Waals surface area contributed by atoms with Crippen LogP contribution in [0.5, 0.6) is 11.5 Å². The molecule has 1 aromatic rings. The van der Waals surface area contributed by atoms with E-state index in [1.165, 1.54) is 18.4 Å². The minimum absolute atomic E-state index is 0.0412. The van der Waals surface area contributed by atoms with Crippen LogP contribution in [0.25, 0.3) is 0 Å². The number of hydrogen-bond donors (Lipinski definition) is 0. The molecule has 1 saturated carbocycles. The lowest BCUT2D eigenvalue weighted by atomic mass is 9.44. The predicted molar refractivity (Wildman–Crippen MR) is 98.5 cm³/mol. The Hall–Kier alpha value is -1.77. The monoisotopic (exact) mass is 340 g/mol. The third-order valence-electron chi connectivity index (χ3n) is 7.58. The first-order valence-corrected chi connectivity index (χ1v) is 9.29. The van der Waals surface area contributed by atoms with E-state index in [9.17, 15) is 4.79 Å². The van der Waals surface area contributed by atoms with Gasteiger partial charge in [-0.3, -0.25) is 4.79 Å². The average molecular weight is 340 g/mol. The van der Waals surface area contributed by atoms with E-state index in [0.717, 1.165) is 29.9 Å². The highest BCUT2D eigenvalue weighted by atomic mass is 16.5. The molecule has 4 rings (SSSR count). The number of fused-ring (bicyclic) bond motifs is 2. The Bertz CT molecular complexity index is 776. The summed E-state index contributed by atoms with van der Waals surface area (Å²) in [5.41, 5.74) is 2.48. The van der Waals surface area contributed by atoms with Gasteiger partial charge in [-0.2, -0.15) is 0 Å². The first-order valence-electron chi connectivity index (χ1n) is 9.29. The van der Waals surface area contributed by atoms with Gasteiger partial charge in [0.25, 0.3) is 0 Å². The summed E-state index contributed by atoms with van der Waals surface area (Å²) in [7, 11) is 3.35. The summed E-state index contributed by atoms with van der Waals surface area (Å²) in [6, 6.07) is 4.23. The molecule has 1 aromatic carbocycles. The molecule has 3 unspecified atom stereocenters. The maximum atomic E-state index is 13.1. The Morgan fingerprint density at radius 3 is 2.40 bits per heavy atom. The maximum Gasteiger partial charge on any atom is 0.163 e. The van der Waals surface area contributed by atoms with Crippen molar-refractivity contribution < 1.29 is 14.3 Å². The first-order chi connectivity index (χ1) is 11.8. The van der Waals surface area contributed by atoms with Gasteiger partial charge in [-0.05, 0) is 59.4 Å². The van der Waals surface area contributed by atoms with Crippen molar-refractivity contribution >= 4 is 5.78 Å². The van der Waals surface area contributed by atoms with Gasteiger partial charge in [-0.1, -0.05) is 33.3 Å². The highest BCUT2D eigenvalue weighted by Gasteiger charge is 2.68. The second kappa shape index (κ2) is 5.12. The molecule has 134 valence electrons. The zero-order chi connectivity index (χ0) is 18.0. The lowest BCUT2D eigenvalue weighted by Crippen LogP contribution is -2.55. The van der Waals surface area contributed by atoms with Crippen LogP contribution in [0.4, 0.5) is 0 Å². The number of carbonyl (C=O) groups is 1. The molecule has 0 amide bonds. The normalized spacial score (nSPS) is 34.9. The smallest absolute Gasteiger partial charge is 0.163 e. The molecule has 3 nitrogen and oxygen atoms in total. The summed E-state index contributed by atoms with van der Waals surface area (Å²) < 4.78 is 11.2. The molecule has 3 heteroatoms. The number of carbonyl (C=O) groups excluding carboxylic acids is 1. The van der Waals surface area contributed by atoms with Crippen LogP contribution < -0.4 is 9.47 Å². The van der Waals surface area contributed by atoms with E-state index in [-0.39, 0.29) is 27.9 Å². The summed E-state index contributed by atoms with van der Waals surface area (Å²) in [6.45, 7) is 7.12. The number of rotatable bonds is 2. The Labute approximate surface area is 150 Å². The molecule has 3 atom stereocenters. The summed E-state index contributed by atoms with van der Waals surface area (Å²) in [5.74, 6) is 1.65. The molecule has 0 aromatic heterocycles. The van der Waals surface area contributed by atoms with E-state index in [1.54, 1.807) is 14.2 Å². The zero-order valence-electron chi connectivity index (χ0n) is 15.9. The zero-order valence-corrected chi connectivity index (χ0v) is 15.9. The van der Waals surface area contributed by atoms with Gasteiger partial charge in [0.1, 0.15) is 0 Å². The second-order valence-corrected chi connectivity index (χ2v) is 8.80. The fraction of sp³-hybridized carbons (Fsp3) is 0.591. The van der Waals surface area contributed by atoms with Gasteiger partial charge in [0.2, 0.25) is 0 Å². The Balaban J connectivity index is 2.10. The molecule has 0 N–H and O–H groups in total. The van der Waals surface area contributed by atoms with Gasteiger partial charge in [0.05, 0.1) is 20.1 Å². The Morgan fingerprint density at radius 2 is 1.72 bits per heavy atom. The standard InChI is InChI=1S/C22H28O3/c1-20(2)9-7-10-21(3)19-14-12-17(24-4)18(25-5)13-15(14)22(20,21)11-6-8-16(19)23/h6,8,12-13,19H,7,9-11H2,1-5H3. The SMILES string of the molecule is COc1cc2c(cc1OC)C13CC=CC(=O)C2C1(C)CCCC3(C)C. The van der Waals surface area contributed by atoms with E-state index < -0.39 is 0 Å². The molecule has 0 saturated heterocycles. The third kappa shape index (κ3) is 1.79. The molecule has 0 radical (unpaired) electrons. The summed E-state index contributed by atoms with van der Waals surface area (Å²) in [5, 5.41) is 0. The van der Waals surface area contributed by atoms with Crippen molar-refractivity contribution in [3.63, 3.8) is 0 Å². The molecule has 3 aliphatic carbocycles. The molecule has 1 fully saturated rings. The average Bonchev–Trinajstić information content (AvgIpc) is 2.70. The lowest BCUT2D eigenvalue weighted by Gasteiger charge is -2.58. The van der Waals surface area contributed by atoms with Crippen LogP contribution in [0.1, 0.15) is 63.5 Å². The van der Waals surface area contributed by atoms with E-state index >= 15 is 0 Å². The largest absolute Gasteiger partial charge is 0.493 e. The first kappa shape index (κ1) is 16.7. The molecule has 0 spiro atoms. The molecule has 0 aliphatic heterocycles. The van der Waals surface area contributed by atoms with Crippen molar-refractivity contribution in [2.24, 2.45) is 10.8 Å². The fourth-order valence-electron chi connectivity index (χ4n) is 6.54. The highest BCUT2D eigenvalue weighted by Crippen LogP contribution is 2.73. The van der Waals surface area contributed by atoms with Gasteiger partial charge in [0, 0.05) is 5.41 Å². The quantitative estimate of drug-likeness (QED) is 0.777. The van der Waals surface area contributed by atoms with Gasteiger partial charge in [-0.25, -0.2) is 0 Å². The van der Waals surface area contributed by atoms with Crippen molar-refractivity contribution in [1.29, 1.82) is 0 Å². The summed E-state index contributed by atoms with van der Waals surface area (Å²) in [6.07, 6.45) is 8.32. The van der Waals surface area contributed by atoms with E-state index in [4.69, 9.17) is 9.47 Å². The van der Waals surface area contributed by atoms with Crippen LogP contribution in [0.15, 0.2) is 24.3 Å². The van der Waals surface area contributed by atoms with Crippen LogP contribution in [-0.4, -0.2) is 20.0 Å². The third-order valence-corrected chi connectivity index (χ3v) is 7.58. The molecule has 2 bridgehead atoms. The fourth-order valence-corrected chi connectivity index (χ4v) is 6.54. The van der Waals surface area contributed by atoms with Gasteiger partial charge in [0.15, 0.2) is 17.3 Å². The van der Waals surface area contributed by atoms with Crippen LogP contribution in [0.2, 0.25) is 0 Å². The number of ether oxygens (including phenoxy) is 2. The van der Waals surface area contributed by atoms with Crippen molar-refractivity contribution in [2.45, 2.75) is 57.8 Å². The van der Waals surface area contributed by atoms with Gasteiger partial charge < -0.3 is 9.47 Å². The van der Waals surface area contributed by atoms with Crippen molar-refractivity contribution in [3.05, 3.63) is 35.4 Å². The number of methoxy groups -OCH3 is 2. The lowest BCUT2D eigenvalue weighted by molar-refractivity contribution is -0.122. The van der Waals surface area contributed by atoms with Crippen molar-refractivity contribution in [2.75, 3.05) is 14.2 Å². The molecular weight excluding hydrogens is 312 g/mol. The van der Waals surface area contributed by atoms with Crippen LogP contribution in [-0.2, 0) is 10.2 Å². The van der Waals surface area contributed by atoms with Gasteiger partial charge in [-0.15, -0.1) is 0 Å². The minimum Gasteiger partial charge on any atom is -0.493 e. The minimum atomic E-state index is -0.0827. The van der Waals surface area contributed by atoms with Crippen LogP contribution >= 0.6 is 0 Å². The second-order valence-electron chi connectivity index (χ2n) is 8.80. The number of allylic oxidation sites excluding steroid dienone is 2. The van der Waals surface area contributed by atoms with E-state index in [1.807, 2.05) is 6.08 Å². The maximum absolute atomic E-state index is 13.1. The highest BCUT2D eigenvalue weighted by molar-refractivity contribution is 5.98. The number of benzene rings is 1. The Kier molecular flexibility index (Phi) is 3.42. The summed E-state index contributed by atoms with van der Waals surface area (Å²) in [4.78, 5) is 13.1.